The molecule has 9 heteroatoms. The maximum absolute atomic E-state index is 13.5. The predicted molar refractivity (Wildman–Crippen MR) is 136 cm³/mol. The normalized spacial score (nSPS) is 16.6. The van der Waals surface area contributed by atoms with Crippen LogP contribution < -0.4 is 15.1 Å². The molecule has 2 bridgehead atoms. The number of urea groups is 1. The highest BCUT2D eigenvalue weighted by Crippen LogP contribution is 2.41. The molecule has 2 aromatic carbocycles. The Morgan fingerprint density at radius 2 is 1.84 bits per heavy atom. The van der Waals surface area contributed by atoms with E-state index < -0.39 is 11.7 Å². The van der Waals surface area contributed by atoms with Gasteiger partial charge in [-0.3, -0.25) is 4.90 Å². The first-order chi connectivity index (χ1) is 17.8. The Hall–Kier alpha value is -4.27. The second-order valence-corrected chi connectivity index (χ2v) is 9.29. The number of aryl methyl sites for hydroxylation is 1. The molecule has 1 saturated heterocycles. The number of hydrogen-bond donors (Lipinski definition) is 1. The van der Waals surface area contributed by atoms with Crippen molar-refractivity contribution >= 4 is 23.2 Å². The molecule has 2 aliphatic rings. The Bertz CT molecular complexity index is 1480. The quantitative estimate of drug-likeness (QED) is 0.327. The minimum atomic E-state index is -4.45. The number of alkyl halides is 3. The molecule has 1 atom stereocenters. The molecule has 2 amide bonds. The van der Waals surface area contributed by atoms with Crippen LogP contribution in [0.25, 0.3) is 22.6 Å². The van der Waals surface area contributed by atoms with E-state index in [4.69, 9.17) is 9.40 Å². The van der Waals surface area contributed by atoms with Gasteiger partial charge in [0.25, 0.3) is 0 Å². The number of carbonyl (C=O) groups is 1. The molecule has 6 rings (SSSR count). The van der Waals surface area contributed by atoms with Gasteiger partial charge in [-0.05, 0) is 74.0 Å². The maximum atomic E-state index is 13.5. The van der Waals surface area contributed by atoms with Crippen molar-refractivity contribution in [1.82, 2.24) is 4.98 Å². The lowest BCUT2D eigenvalue weighted by Crippen LogP contribution is -2.48. The molecule has 1 fully saturated rings. The lowest BCUT2D eigenvalue weighted by molar-refractivity contribution is -0.137. The molecule has 6 nitrogen and oxygen atoms in total. The Balaban J connectivity index is 1.30. The summed E-state index contributed by atoms with van der Waals surface area (Å²) in [4.78, 5) is 22.0. The van der Waals surface area contributed by atoms with E-state index in [1.807, 2.05) is 49.4 Å². The van der Waals surface area contributed by atoms with Crippen molar-refractivity contribution in [2.24, 2.45) is 0 Å². The molecule has 4 aromatic rings. The summed E-state index contributed by atoms with van der Waals surface area (Å²) < 4.78 is 45.5. The van der Waals surface area contributed by atoms with Crippen LogP contribution in [0.15, 0.2) is 77.2 Å². The van der Waals surface area contributed by atoms with Crippen LogP contribution in [0, 0.1) is 6.92 Å². The third-order valence-electron chi connectivity index (χ3n) is 6.82. The van der Waals surface area contributed by atoms with E-state index in [1.54, 1.807) is 17.0 Å². The number of rotatable bonds is 3. The Labute approximate surface area is 211 Å². The second kappa shape index (κ2) is 8.69. The predicted octanol–water partition coefficient (Wildman–Crippen LogP) is 6.97. The number of furan rings is 1. The van der Waals surface area contributed by atoms with E-state index in [-0.39, 0.29) is 12.1 Å². The highest BCUT2D eigenvalue weighted by atomic mass is 19.4. The van der Waals surface area contributed by atoms with Crippen molar-refractivity contribution in [3.05, 3.63) is 84.1 Å². The van der Waals surface area contributed by atoms with Crippen LogP contribution in [-0.2, 0) is 6.18 Å². The molecule has 0 radical (unpaired) electrons. The van der Waals surface area contributed by atoms with E-state index >= 15 is 0 Å². The van der Waals surface area contributed by atoms with Gasteiger partial charge in [0.15, 0.2) is 5.82 Å². The highest BCUT2D eigenvalue weighted by Gasteiger charge is 2.40. The Morgan fingerprint density at radius 3 is 2.57 bits per heavy atom. The minimum Gasteiger partial charge on any atom is -0.461 e. The largest absolute Gasteiger partial charge is 0.461 e. The average Bonchev–Trinajstić information content (AvgIpc) is 3.51. The first kappa shape index (κ1) is 23.1. The molecule has 0 unspecified atom stereocenters. The van der Waals surface area contributed by atoms with Gasteiger partial charge in [0.05, 0.1) is 23.0 Å². The van der Waals surface area contributed by atoms with E-state index in [2.05, 4.69) is 10.2 Å². The van der Waals surface area contributed by atoms with Gasteiger partial charge < -0.3 is 14.6 Å². The fourth-order valence-corrected chi connectivity index (χ4v) is 4.98. The Morgan fingerprint density at radius 1 is 1.03 bits per heavy atom. The van der Waals surface area contributed by atoms with Crippen molar-refractivity contribution in [2.45, 2.75) is 25.6 Å². The Kier molecular flexibility index (Phi) is 5.43. The average molecular weight is 505 g/mol. The van der Waals surface area contributed by atoms with Gasteiger partial charge in [-0.2, -0.15) is 13.2 Å². The zero-order valence-corrected chi connectivity index (χ0v) is 19.9. The van der Waals surface area contributed by atoms with Crippen molar-refractivity contribution in [1.29, 1.82) is 0 Å². The summed E-state index contributed by atoms with van der Waals surface area (Å²) in [7, 11) is 0. The summed E-state index contributed by atoms with van der Waals surface area (Å²) in [5.41, 5.74) is 2.29. The monoisotopic (exact) mass is 504 g/mol. The van der Waals surface area contributed by atoms with Gasteiger partial charge in [0, 0.05) is 29.9 Å². The van der Waals surface area contributed by atoms with E-state index in [9.17, 15) is 18.0 Å². The standard InChI is InChI=1S/C28H23F3N4O2/c1-17-5-12-25(37-17)18-6-8-21(9-7-18)32-27(36)35-22-13-14-34(16-22)24-11-10-23(33-26(24)35)19-3-2-4-20(15-19)28(29,30)31/h2-12,15,22H,13-14,16H2,1H3,(H,32,36)/t22-/m0/s1. The summed E-state index contributed by atoms with van der Waals surface area (Å²) in [5, 5.41) is 2.96. The van der Waals surface area contributed by atoms with E-state index in [0.717, 1.165) is 47.9 Å². The van der Waals surface area contributed by atoms with Gasteiger partial charge in [0.2, 0.25) is 0 Å². The SMILES string of the molecule is Cc1ccc(-c2ccc(NC(=O)N3c4nc(-c5cccc(C(F)(F)F)c5)ccc4N4CC[C@H]3C4)cc2)o1. The number of nitrogens with zero attached hydrogens (tertiary/aromatic N) is 3. The first-order valence-electron chi connectivity index (χ1n) is 12.0. The molecular formula is C28H23F3N4O2. The number of amides is 2. The molecular weight excluding hydrogens is 481 g/mol. The summed E-state index contributed by atoms with van der Waals surface area (Å²) in [6, 6.07) is 19.4. The van der Waals surface area contributed by atoms with Crippen LogP contribution >= 0.6 is 0 Å². The summed E-state index contributed by atoms with van der Waals surface area (Å²) in [6.45, 7) is 3.34. The van der Waals surface area contributed by atoms with E-state index in [1.165, 1.54) is 6.07 Å². The highest BCUT2D eigenvalue weighted by molar-refractivity contribution is 6.04. The van der Waals surface area contributed by atoms with Crippen LogP contribution in [0.3, 0.4) is 0 Å². The second-order valence-electron chi connectivity index (χ2n) is 9.29. The molecule has 0 spiro atoms. The van der Waals surface area contributed by atoms with Crippen LogP contribution in [0.2, 0.25) is 0 Å². The summed E-state index contributed by atoms with van der Waals surface area (Å²) in [5.74, 6) is 2.01. The zero-order valence-electron chi connectivity index (χ0n) is 19.9. The summed E-state index contributed by atoms with van der Waals surface area (Å²) >= 11 is 0. The smallest absolute Gasteiger partial charge is 0.416 e. The van der Waals surface area contributed by atoms with Crippen molar-refractivity contribution in [3.8, 4) is 22.6 Å². The molecule has 4 heterocycles. The van der Waals surface area contributed by atoms with Crippen molar-refractivity contribution < 1.29 is 22.4 Å². The number of hydrogen-bond acceptors (Lipinski definition) is 4. The fourth-order valence-electron chi connectivity index (χ4n) is 4.98. The topological polar surface area (TPSA) is 61.6 Å². The van der Waals surface area contributed by atoms with Gasteiger partial charge in [-0.1, -0.05) is 12.1 Å². The van der Waals surface area contributed by atoms with Gasteiger partial charge in [0.1, 0.15) is 11.5 Å². The van der Waals surface area contributed by atoms with Crippen LogP contribution in [0.5, 0.6) is 0 Å². The van der Waals surface area contributed by atoms with Crippen LogP contribution in [0.1, 0.15) is 17.7 Å². The van der Waals surface area contributed by atoms with Crippen molar-refractivity contribution in [2.75, 3.05) is 28.2 Å². The lowest BCUT2D eigenvalue weighted by Gasteiger charge is -2.36. The molecule has 2 aliphatic heterocycles. The van der Waals surface area contributed by atoms with Gasteiger partial charge in [-0.25, -0.2) is 9.78 Å². The van der Waals surface area contributed by atoms with Crippen LogP contribution in [0.4, 0.5) is 35.2 Å². The van der Waals surface area contributed by atoms with E-state index in [0.29, 0.717) is 29.3 Å². The zero-order chi connectivity index (χ0) is 25.7. The van der Waals surface area contributed by atoms with Gasteiger partial charge in [-0.15, -0.1) is 0 Å². The molecule has 2 aromatic heterocycles. The number of aromatic nitrogens is 1. The molecule has 1 N–H and O–H groups in total. The molecule has 0 aliphatic carbocycles. The number of benzene rings is 2. The lowest BCUT2D eigenvalue weighted by atomic mass is 10.1. The van der Waals surface area contributed by atoms with Crippen molar-refractivity contribution in [3.63, 3.8) is 0 Å². The van der Waals surface area contributed by atoms with Gasteiger partial charge >= 0.3 is 12.2 Å². The molecule has 0 saturated carbocycles. The first-order valence-corrected chi connectivity index (χ1v) is 12.0. The number of fused-ring (bicyclic) bond motifs is 4. The number of nitrogens with one attached hydrogen (secondary N) is 1. The number of pyridine rings is 1. The fraction of sp³-hybridized carbons (Fsp3) is 0.214. The third-order valence-corrected chi connectivity index (χ3v) is 6.82. The van der Waals surface area contributed by atoms with Crippen LogP contribution in [-0.4, -0.2) is 30.1 Å². The summed E-state index contributed by atoms with van der Waals surface area (Å²) in [6.07, 6.45) is -3.67. The minimum absolute atomic E-state index is 0.0814. The molecule has 188 valence electrons. The maximum Gasteiger partial charge on any atom is 0.416 e. The molecule has 37 heavy (non-hydrogen) atoms. The number of anilines is 3. The third kappa shape index (κ3) is 4.30. The number of carbonyl (C=O) groups excluding carboxylic acids is 1. The number of halogens is 3.